The molecule has 3 rings (SSSR count). The highest BCUT2D eigenvalue weighted by atomic mass is 32.2. The Morgan fingerprint density at radius 2 is 1.93 bits per heavy atom. The lowest BCUT2D eigenvalue weighted by Crippen LogP contribution is -2.16. The smallest absolute Gasteiger partial charge is 0.234 e. The molecule has 0 radical (unpaired) electrons. The third-order valence-electron chi connectivity index (χ3n) is 4.04. The summed E-state index contributed by atoms with van der Waals surface area (Å²) in [4.78, 5) is 24.0. The Kier molecular flexibility index (Phi) is 5.71. The molecule has 0 spiro atoms. The zero-order valence-electron chi connectivity index (χ0n) is 15.4. The van der Waals surface area contributed by atoms with Crippen LogP contribution in [0.2, 0.25) is 0 Å². The predicted octanol–water partition coefficient (Wildman–Crippen LogP) is 3.82. The van der Waals surface area contributed by atoms with Gasteiger partial charge in [0.25, 0.3) is 0 Å². The molecule has 1 amide bonds. The molecule has 7 heteroatoms. The Morgan fingerprint density at radius 1 is 1.15 bits per heavy atom. The summed E-state index contributed by atoms with van der Waals surface area (Å²) in [5, 5.41) is 11.5. The number of anilines is 1. The highest BCUT2D eigenvalue weighted by Gasteiger charge is 2.13. The van der Waals surface area contributed by atoms with E-state index in [9.17, 15) is 9.59 Å². The summed E-state index contributed by atoms with van der Waals surface area (Å²) in [7, 11) is 0. The van der Waals surface area contributed by atoms with Crippen molar-refractivity contribution in [1.82, 2.24) is 14.8 Å². The summed E-state index contributed by atoms with van der Waals surface area (Å²) in [5.41, 5.74) is 4.29. The zero-order chi connectivity index (χ0) is 19.4. The molecule has 1 aromatic heterocycles. The van der Waals surface area contributed by atoms with E-state index in [-0.39, 0.29) is 17.4 Å². The number of thioether (sulfide) groups is 1. The molecule has 0 fully saturated rings. The van der Waals surface area contributed by atoms with Crippen molar-refractivity contribution in [1.29, 1.82) is 0 Å². The molecule has 2 aromatic carbocycles. The van der Waals surface area contributed by atoms with Gasteiger partial charge >= 0.3 is 0 Å². The van der Waals surface area contributed by atoms with Gasteiger partial charge in [-0.1, -0.05) is 41.6 Å². The second kappa shape index (κ2) is 8.18. The van der Waals surface area contributed by atoms with E-state index in [1.54, 1.807) is 30.6 Å². The first-order chi connectivity index (χ1) is 13.0. The number of carbonyl (C=O) groups is 2. The molecule has 3 aromatic rings. The lowest BCUT2D eigenvalue weighted by molar-refractivity contribution is -0.113. The van der Waals surface area contributed by atoms with E-state index in [1.165, 1.54) is 24.2 Å². The van der Waals surface area contributed by atoms with E-state index < -0.39 is 0 Å². The number of aryl methyl sites for hydroxylation is 2. The number of nitrogens with zero attached hydrogens (tertiary/aromatic N) is 3. The molecule has 0 unspecified atom stereocenters. The first kappa shape index (κ1) is 18.8. The molecule has 0 saturated heterocycles. The molecule has 0 atom stereocenters. The van der Waals surface area contributed by atoms with Crippen LogP contribution in [0.4, 0.5) is 5.69 Å². The number of rotatable bonds is 6. The van der Waals surface area contributed by atoms with Gasteiger partial charge in [-0.05, 0) is 44.5 Å². The van der Waals surface area contributed by atoms with Crippen LogP contribution in [0.5, 0.6) is 0 Å². The fourth-order valence-corrected chi connectivity index (χ4v) is 3.50. The van der Waals surface area contributed by atoms with Crippen molar-refractivity contribution in [2.45, 2.75) is 25.9 Å². The average molecular weight is 380 g/mol. The number of nitrogens with one attached hydrogen (secondary N) is 1. The molecule has 0 aliphatic heterocycles. The van der Waals surface area contributed by atoms with Gasteiger partial charge < -0.3 is 5.32 Å². The topological polar surface area (TPSA) is 76.9 Å². The maximum Gasteiger partial charge on any atom is 0.234 e. The minimum atomic E-state index is -0.205. The first-order valence-electron chi connectivity index (χ1n) is 8.46. The van der Waals surface area contributed by atoms with Crippen LogP contribution in [-0.4, -0.2) is 32.2 Å². The Balaban J connectivity index is 1.71. The lowest BCUT2D eigenvalue weighted by Gasteiger charge is -2.11. The summed E-state index contributed by atoms with van der Waals surface area (Å²) in [5.74, 6) is -0.132. The lowest BCUT2D eigenvalue weighted by atomic mass is 10.1. The summed E-state index contributed by atoms with van der Waals surface area (Å²) in [6.07, 6.45) is 1.64. The van der Waals surface area contributed by atoms with Gasteiger partial charge in [0.1, 0.15) is 6.33 Å². The van der Waals surface area contributed by atoms with Crippen molar-refractivity contribution < 1.29 is 9.59 Å². The highest BCUT2D eigenvalue weighted by Crippen LogP contribution is 2.23. The third kappa shape index (κ3) is 4.43. The standard InChI is InChI=1S/C20H20N4O2S/c1-13-8-9-18(14(2)10-13)24-12-21-23-20(24)27-11-19(26)22-17-7-5-4-6-16(17)15(3)25/h4-10,12H,11H2,1-3H3,(H,22,26). The number of hydrogen-bond acceptors (Lipinski definition) is 5. The number of carbonyl (C=O) groups excluding carboxylic acids is 2. The monoisotopic (exact) mass is 380 g/mol. The second-order valence-electron chi connectivity index (χ2n) is 6.21. The Bertz CT molecular complexity index is 997. The maximum atomic E-state index is 12.3. The second-order valence-corrected chi connectivity index (χ2v) is 7.15. The van der Waals surface area contributed by atoms with Crippen LogP contribution in [0.3, 0.4) is 0 Å². The molecular weight excluding hydrogens is 360 g/mol. The van der Waals surface area contributed by atoms with Crippen LogP contribution in [0.25, 0.3) is 5.69 Å². The molecule has 0 bridgehead atoms. The summed E-state index contributed by atoms with van der Waals surface area (Å²) in [6, 6.07) is 13.1. The Labute approximate surface area is 162 Å². The van der Waals surface area contributed by atoms with Gasteiger partial charge in [0, 0.05) is 5.56 Å². The van der Waals surface area contributed by atoms with Crippen molar-refractivity contribution in [2.24, 2.45) is 0 Å². The predicted molar refractivity (Wildman–Crippen MR) is 107 cm³/mol. The molecular formula is C20H20N4O2S. The van der Waals surface area contributed by atoms with Crippen molar-refractivity contribution in [3.05, 3.63) is 65.5 Å². The quantitative estimate of drug-likeness (QED) is 0.520. The summed E-state index contributed by atoms with van der Waals surface area (Å²) < 4.78 is 1.87. The van der Waals surface area contributed by atoms with Gasteiger partial charge in [0.2, 0.25) is 5.91 Å². The van der Waals surface area contributed by atoms with Crippen molar-refractivity contribution >= 4 is 29.1 Å². The van der Waals surface area contributed by atoms with Gasteiger partial charge in [-0.2, -0.15) is 0 Å². The molecule has 6 nitrogen and oxygen atoms in total. The molecule has 138 valence electrons. The molecule has 1 N–H and O–H groups in total. The highest BCUT2D eigenvalue weighted by molar-refractivity contribution is 7.99. The van der Waals surface area contributed by atoms with Crippen LogP contribution in [0.1, 0.15) is 28.4 Å². The van der Waals surface area contributed by atoms with Crippen molar-refractivity contribution in [2.75, 3.05) is 11.1 Å². The molecule has 1 heterocycles. The van der Waals surface area contributed by atoms with E-state index in [0.29, 0.717) is 16.4 Å². The van der Waals surface area contributed by atoms with E-state index in [1.807, 2.05) is 30.5 Å². The van der Waals surface area contributed by atoms with E-state index in [2.05, 4.69) is 21.6 Å². The number of benzene rings is 2. The number of hydrogen-bond donors (Lipinski definition) is 1. The molecule has 0 saturated carbocycles. The minimum Gasteiger partial charge on any atom is -0.325 e. The van der Waals surface area contributed by atoms with Gasteiger partial charge in [0.15, 0.2) is 10.9 Å². The Morgan fingerprint density at radius 3 is 2.67 bits per heavy atom. The van der Waals surface area contributed by atoms with E-state index >= 15 is 0 Å². The number of amides is 1. The third-order valence-corrected chi connectivity index (χ3v) is 4.98. The van der Waals surface area contributed by atoms with Crippen LogP contribution in [0, 0.1) is 13.8 Å². The SMILES string of the molecule is CC(=O)c1ccccc1NC(=O)CSc1nncn1-c1ccc(C)cc1C. The molecule has 0 aliphatic carbocycles. The van der Waals surface area contributed by atoms with Gasteiger partial charge in [-0.3, -0.25) is 14.2 Å². The molecule has 27 heavy (non-hydrogen) atoms. The number of para-hydroxylation sites is 1. The number of aromatic nitrogens is 3. The maximum absolute atomic E-state index is 12.3. The fraction of sp³-hybridized carbons (Fsp3) is 0.200. The minimum absolute atomic E-state index is 0.0897. The summed E-state index contributed by atoms with van der Waals surface area (Å²) >= 11 is 1.30. The summed E-state index contributed by atoms with van der Waals surface area (Å²) in [6.45, 7) is 5.55. The van der Waals surface area contributed by atoms with Crippen molar-refractivity contribution in [3.63, 3.8) is 0 Å². The Hall–Kier alpha value is -2.93. The van der Waals surface area contributed by atoms with Crippen LogP contribution >= 0.6 is 11.8 Å². The fourth-order valence-electron chi connectivity index (χ4n) is 2.78. The first-order valence-corrected chi connectivity index (χ1v) is 9.44. The zero-order valence-corrected chi connectivity index (χ0v) is 16.2. The van der Waals surface area contributed by atoms with Gasteiger partial charge in [-0.15, -0.1) is 10.2 Å². The van der Waals surface area contributed by atoms with Crippen LogP contribution in [0.15, 0.2) is 53.9 Å². The average Bonchev–Trinajstić information content (AvgIpc) is 3.08. The van der Waals surface area contributed by atoms with Gasteiger partial charge in [0.05, 0.1) is 17.1 Å². The van der Waals surface area contributed by atoms with E-state index in [0.717, 1.165) is 11.3 Å². The largest absolute Gasteiger partial charge is 0.325 e. The van der Waals surface area contributed by atoms with Gasteiger partial charge in [-0.25, -0.2) is 0 Å². The normalized spacial score (nSPS) is 10.6. The van der Waals surface area contributed by atoms with Crippen LogP contribution < -0.4 is 5.32 Å². The van der Waals surface area contributed by atoms with Crippen LogP contribution in [-0.2, 0) is 4.79 Å². The number of Topliss-reactive ketones (excluding diaryl/α,β-unsaturated/α-hetero) is 1. The molecule has 0 aliphatic rings. The van der Waals surface area contributed by atoms with E-state index in [4.69, 9.17) is 0 Å². The number of ketones is 1. The van der Waals surface area contributed by atoms with Crippen molar-refractivity contribution in [3.8, 4) is 5.69 Å².